The maximum atomic E-state index is 12.6. The van der Waals surface area contributed by atoms with Crippen LogP contribution in [0.1, 0.15) is 38.4 Å². The predicted molar refractivity (Wildman–Crippen MR) is 75.8 cm³/mol. The lowest BCUT2D eigenvalue weighted by atomic mass is 9.72. The summed E-state index contributed by atoms with van der Waals surface area (Å²) in [5, 5.41) is 11.4. The molecule has 0 radical (unpaired) electrons. The number of Topliss-reactive ketones (excluding diaryl/α,β-unsaturated/α-hetero) is 1. The first-order valence-electron chi connectivity index (χ1n) is 6.92. The van der Waals surface area contributed by atoms with Gasteiger partial charge in [0.15, 0.2) is 5.78 Å². The van der Waals surface area contributed by atoms with Crippen LogP contribution in [0.25, 0.3) is 0 Å². The molecule has 0 aromatic carbocycles. The Balaban J connectivity index is 2.18. The molecular formula is C15H16N2O5. The van der Waals surface area contributed by atoms with Crippen LogP contribution in [-0.4, -0.2) is 10.7 Å². The molecule has 2 N–H and O–H groups in total. The summed E-state index contributed by atoms with van der Waals surface area (Å²) < 4.78 is 10.7. The van der Waals surface area contributed by atoms with Crippen molar-refractivity contribution in [3.8, 4) is 0 Å². The maximum absolute atomic E-state index is 12.6. The number of nitro groups is 1. The van der Waals surface area contributed by atoms with Crippen molar-refractivity contribution in [3.63, 3.8) is 0 Å². The first-order chi connectivity index (χ1) is 10.3. The van der Waals surface area contributed by atoms with Crippen LogP contribution in [0, 0.1) is 15.5 Å². The second kappa shape index (κ2) is 4.72. The minimum absolute atomic E-state index is 0.167. The van der Waals surface area contributed by atoms with E-state index >= 15 is 0 Å². The van der Waals surface area contributed by atoms with Gasteiger partial charge < -0.3 is 14.9 Å². The molecule has 0 unspecified atom stereocenters. The number of hydrogen-bond acceptors (Lipinski definition) is 6. The fourth-order valence-corrected chi connectivity index (χ4v) is 3.08. The van der Waals surface area contributed by atoms with Gasteiger partial charge >= 0.3 is 5.70 Å². The number of allylic oxidation sites excluding steroid dienone is 2. The summed E-state index contributed by atoms with van der Waals surface area (Å²) in [6.07, 6.45) is 2.21. The molecule has 22 heavy (non-hydrogen) atoms. The molecular weight excluding hydrogens is 288 g/mol. The molecule has 0 saturated carbocycles. The topological polar surface area (TPSA) is 109 Å². The molecule has 7 nitrogen and oxygen atoms in total. The Labute approximate surface area is 126 Å². The second-order valence-electron chi connectivity index (χ2n) is 6.33. The Morgan fingerprint density at radius 2 is 2.14 bits per heavy atom. The fraction of sp³-hybridized carbons (Fsp3) is 0.400. The number of carbonyl (C=O) groups excluding carboxylic acids is 1. The molecule has 2 heterocycles. The van der Waals surface area contributed by atoms with Gasteiger partial charge in [0.25, 0.3) is 5.88 Å². The zero-order valence-corrected chi connectivity index (χ0v) is 12.3. The number of hydrogen-bond donors (Lipinski definition) is 1. The highest BCUT2D eigenvalue weighted by Gasteiger charge is 2.48. The smallest absolute Gasteiger partial charge is 0.320 e. The summed E-state index contributed by atoms with van der Waals surface area (Å²) >= 11 is 0. The van der Waals surface area contributed by atoms with Crippen LogP contribution in [0.2, 0.25) is 0 Å². The van der Waals surface area contributed by atoms with Gasteiger partial charge in [0, 0.05) is 12.8 Å². The molecule has 3 rings (SSSR count). The molecule has 2 aliphatic rings. The molecule has 0 fully saturated rings. The minimum atomic E-state index is -0.919. The van der Waals surface area contributed by atoms with E-state index in [0.29, 0.717) is 24.4 Å². The molecule has 1 aromatic rings. The fourth-order valence-electron chi connectivity index (χ4n) is 3.08. The average molecular weight is 304 g/mol. The minimum Gasteiger partial charge on any atom is -0.468 e. The predicted octanol–water partition coefficient (Wildman–Crippen LogP) is 2.44. The number of rotatable bonds is 2. The largest absolute Gasteiger partial charge is 0.468 e. The van der Waals surface area contributed by atoms with Crippen LogP contribution < -0.4 is 5.73 Å². The van der Waals surface area contributed by atoms with Crippen molar-refractivity contribution in [3.05, 3.63) is 57.2 Å². The summed E-state index contributed by atoms with van der Waals surface area (Å²) in [5.41, 5.74) is 5.42. The van der Waals surface area contributed by atoms with Gasteiger partial charge in [-0.2, -0.15) is 0 Å². The van der Waals surface area contributed by atoms with Crippen molar-refractivity contribution in [2.45, 2.75) is 32.6 Å². The Hall–Kier alpha value is -2.57. The molecule has 1 aliphatic heterocycles. The number of ether oxygens (including phenoxy) is 1. The molecule has 1 aromatic heterocycles. The maximum Gasteiger partial charge on any atom is 0.320 e. The van der Waals surface area contributed by atoms with Crippen molar-refractivity contribution in [1.82, 2.24) is 0 Å². The lowest BCUT2D eigenvalue weighted by Crippen LogP contribution is -2.35. The zero-order valence-electron chi connectivity index (χ0n) is 12.3. The normalized spacial score (nSPS) is 24.1. The van der Waals surface area contributed by atoms with Crippen molar-refractivity contribution in [2.24, 2.45) is 11.1 Å². The van der Waals surface area contributed by atoms with Crippen molar-refractivity contribution < 1.29 is 18.9 Å². The van der Waals surface area contributed by atoms with E-state index in [1.54, 1.807) is 12.1 Å². The summed E-state index contributed by atoms with van der Waals surface area (Å²) in [4.78, 5) is 23.3. The van der Waals surface area contributed by atoms with Gasteiger partial charge in [0.1, 0.15) is 17.4 Å². The Morgan fingerprint density at radius 1 is 1.41 bits per heavy atom. The number of carbonyl (C=O) groups is 1. The van der Waals surface area contributed by atoms with Gasteiger partial charge in [-0.15, -0.1) is 0 Å². The van der Waals surface area contributed by atoms with E-state index < -0.39 is 10.8 Å². The average Bonchev–Trinajstić information content (AvgIpc) is 2.88. The number of ketones is 1. The van der Waals surface area contributed by atoms with Crippen molar-refractivity contribution in [2.75, 3.05) is 0 Å². The highest BCUT2D eigenvalue weighted by molar-refractivity contribution is 5.99. The van der Waals surface area contributed by atoms with E-state index in [9.17, 15) is 14.9 Å². The van der Waals surface area contributed by atoms with E-state index in [1.807, 2.05) is 13.8 Å². The van der Waals surface area contributed by atoms with Gasteiger partial charge in [-0.05, 0) is 17.5 Å². The molecule has 1 atom stereocenters. The first-order valence-corrected chi connectivity index (χ1v) is 6.92. The molecule has 7 heteroatoms. The first kappa shape index (κ1) is 14.4. The van der Waals surface area contributed by atoms with E-state index in [0.717, 1.165) is 0 Å². The Bertz CT molecular complexity index is 712. The summed E-state index contributed by atoms with van der Waals surface area (Å²) in [6, 6.07) is 3.22. The molecule has 1 aliphatic carbocycles. The molecule has 0 bridgehead atoms. The molecule has 116 valence electrons. The molecule has 0 amide bonds. The van der Waals surface area contributed by atoms with E-state index in [1.165, 1.54) is 6.26 Å². The number of furan rings is 1. The van der Waals surface area contributed by atoms with Crippen LogP contribution in [-0.2, 0) is 9.53 Å². The van der Waals surface area contributed by atoms with Gasteiger partial charge in [-0.3, -0.25) is 14.9 Å². The third-order valence-electron chi connectivity index (χ3n) is 3.95. The van der Waals surface area contributed by atoms with Crippen molar-refractivity contribution in [1.29, 1.82) is 0 Å². The highest BCUT2D eigenvalue weighted by atomic mass is 16.6. The van der Waals surface area contributed by atoms with E-state index in [2.05, 4.69) is 0 Å². The lowest BCUT2D eigenvalue weighted by molar-refractivity contribution is -0.433. The quantitative estimate of drug-likeness (QED) is 0.664. The highest BCUT2D eigenvalue weighted by Crippen LogP contribution is 2.48. The Morgan fingerprint density at radius 3 is 2.73 bits per heavy atom. The summed E-state index contributed by atoms with van der Waals surface area (Å²) in [6.45, 7) is 3.89. The standard InChI is InChI=1S/C15H16N2O5/c1-15(2)6-8(18)11-10(7-15)22-14(16)13(17(19)20)12(11)9-4-3-5-21-9/h3-5,12H,6-7,16H2,1-2H3/t12-/m1/s1. The van der Waals surface area contributed by atoms with Crippen LogP contribution >= 0.6 is 0 Å². The molecule has 0 spiro atoms. The van der Waals surface area contributed by atoms with Crippen LogP contribution in [0.15, 0.2) is 45.7 Å². The van der Waals surface area contributed by atoms with Crippen LogP contribution in [0.5, 0.6) is 0 Å². The van der Waals surface area contributed by atoms with Gasteiger partial charge in [-0.1, -0.05) is 13.8 Å². The molecule has 0 saturated heterocycles. The van der Waals surface area contributed by atoms with E-state index in [4.69, 9.17) is 14.9 Å². The number of nitrogens with two attached hydrogens (primary N) is 1. The third-order valence-corrected chi connectivity index (χ3v) is 3.95. The van der Waals surface area contributed by atoms with Crippen LogP contribution in [0.4, 0.5) is 0 Å². The SMILES string of the molecule is CC1(C)CC(=O)C2=C(C1)OC(N)=C([N+](=O)[O-])[C@@H]2c1ccco1. The zero-order chi connectivity index (χ0) is 16.1. The van der Waals surface area contributed by atoms with Gasteiger partial charge in [0.2, 0.25) is 0 Å². The van der Waals surface area contributed by atoms with E-state index in [-0.39, 0.29) is 28.4 Å². The second-order valence-corrected chi connectivity index (χ2v) is 6.33. The van der Waals surface area contributed by atoms with Gasteiger partial charge in [0.05, 0.1) is 16.8 Å². The lowest BCUT2D eigenvalue weighted by Gasteiger charge is -2.35. The van der Waals surface area contributed by atoms with Crippen molar-refractivity contribution >= 4 is 5.78 Å². The monoisotopic (exact) mass is 304 g/mol. The summed E-state index contributed by atoms with van der Waals surface area (Å²) in [5.74, 6) is -0.642. The summed E-state index contributed by atoms with van der Waals surface area (Å²) in [7, 11) is 0. The number of nitrogens with zero attached hydrogens (tertiary/aromatic N) is 1. The third kappa shape index (κ3) is 2.18. The van der Waals surface area contributed by atoms with Gasteiger partial charge in [-0.25, -0.2) is 0 Å². The Kier molecular flexibility index (Phi) is 3.09. The van der Waals surface area contributed by atoms with Crippen LogP contribution in [0.3, 0.4) is 0 Å².